The summed E-state index contributed by atoms with van der Waals surface area (Å²) in [6, 6.07) is 3.83. The van der Waals surface area contributed by atoms with Gasteiger partial charge in [-0.2, -0.15) is 0 Å². The molecule has 1 fully saturated rings. The number of nitrogen functional groups attached to an aromatic ring is 1. The molecule has 0 aliphatic carbocycles. The lowest BCUT2D eigenvalue weighted by Gasteiger charge is -2.22. The van der Waals surface area contributed by atoms with Crippen molar-refractivity contribution in [2.24, 2.45) is 0 Å². The van der Waals surface area contributed by atoms with Gasteiger partial charge in [0.05, 0.1) is 5.69 Å². The molecule has 1 heterocycles. The molecule has 5 nitrogen and oxygen atoms in total. The van der Waals surface area contributed by atoms with Gasteiger partial charge in [0.1, 0.15) is 5.82 Å². The van der Waals surface area contributed by atoms with Crippen LogP contribution >= 0.6 is 0 Å². The van der Waals surface area contributed by atoms with Gasteiger partial charge in [-0.3, -0.25) is 4.79 Å². The highest BCUT2D eigenvalue weighted by Gasteiger charge is 2.16. The van der Waals surface area contributed by atoms with Gasteiger partial charge in [-0.15, -0.1) is 0 Å². The SMILES string of the molecule is Nc1ccc(C(=O)NOC2CCCCO2)cc1F. The van der Waals surface area contributed by atoms with Crippen molar-refractivity contribution in [3.63, 3.8) is 0 Å². The average molecular weight is 254 g/mol. The van der Waals surface area contributed by atoms with Crippen molar-refractivity contribution in [1.82, 2.24) is 5.48 Å². The third-order valence-electron chi connectivity index (χ3n) is 2.68. The van der Waals surface area contributed by atoms with Crippen molar-refractivity contribution in [2.75, 3.05) is 12.3 Å². The van der Waals surface area contributed by atoms with Crippen LogP contribution in [-0.2, 0) is 9.57 Å². The smallest absolute Gasteiger partial charge is 0.275 e. The molecule has 0 aromatic heterocycles. The Morgan fingerprint density at radius 3 is 3.00 bits per heavy atom. The number of hydrogen-bond donors (Lipinski definition) is 2. The van der Waals surface area contributed by atoms with E-state index in [2.05, 4.69) is 5.48 Å². The number of rotatable bonds is 3. The highest BCUT2D eigenvalue weighted by Crippen LogP contribution is 2.14. The fraction of sp³-hybridized carbons (Fsp3) is 0.417. The van der Waals surface area contributed by atoms with Crippen molar-refractivity contribution < 1.29 is 18.8 Å². The van der Waals surface area contributed by atoms with Crippen LogP contribution in [0.25, 0.3) is 0 Å². The van der Waals surface area contributed by atoms with Crippen LogP contribution in [0.4, 0.5) is 10.1 Å². The summed E-state index contributed by atoms with van der Waals surface area (Å²) in [4.78, 5) is 16.7. The molecule has 1 unspecified atom stereocenters. The molecule has 6 heteroatoms. The predicted octanol–water partition coefficient (Wildman–Crippen LogP) is 1.60. The van der Waals surface area contributed by atoms with Crippen LogP contribution in [-0.4, -0.2) is 18.8 Å². The zero-order valence-electron chi connectivity index (χ0n) is 9.82. The Bertz CT molecular complexity index is 433. The second kappa shape index (κ2) is 5.79. The summed E-state index contributed by atoms with van der Waals surface area (Å²) in [6.07, 6.45) is 2.30. The molecule has 0 spiro atoms. The van der Waals surface area contributed by atoms with E-state index in [9.17, 15) is 9.18 Å². The second-order valence-corrected chi connectivity index (χ2v) is 4.08. The largest absolute Gasteiger partial charge is 0.396 e. The fourth-order valence-electron chi connectivity index (χ4n) is 1.65. The molecule has 1 aromatic rings. The van der Waals surface area contributed by atoms with Gasteiger partial charge < -0.3 is 10.5 Å². The summed E-state index contributed by atoms with van der Waals surface area (Å²) in [5.74, 6) is -1.15. The van der Waals surface area contributed by atoms with Gasteiger partial charge >= 0.3 is 0 Å². The lowest BCUT2D eigenvalue weighted by molar-refractivity contribution is -0.186. The van der Waals surface area contributed by atoms with Crippen LogP contribution in [0.15, 0.2) is 18.2 Å². The highest BCUT2D eigenvalue weighted by atomic mass is 19.1. The van der Waals surface area contributed by atoms with Crippen LogP contribution in [0.1, 0.15) is 29.6 Å². The number of amides is 1. The molecule has 98 valence electrons. The first-order valence-corrected chi connectivity index (χ1v) is 5.79. The maximum Gasteiger partial charge on any atom is 0.275 e. The number of carbonyl (C=O) groups is 1. The molecule has 2 rings (SSSR count). The van der Waals surface area contributed by atoms with Crippen LogP contribution in [0.3, 0.4) is 0 Å². The number of hydrogen-bond acceptors (Lipinski definition) is 4. The molecule has 1 aliphatic rings. The van der Waals surface area contributed by atoms with Crippen molar-refractivity contribution in [3.05, 3.63) is 29.6 Å². The summed E-state index contributed by atoms with van der Waals surface area (Å²) in [5.41, 5.74) is 7.72. The lowest BCUT2D eigenvalue weighted by Crippen LogP contribution is -2.33. The van der Waals surface area contributed by atoms with E-state index in [-0.39, 0.29) is 11.3 Å². The van der Waals surface area contributed by atoms with Gasteiger partial charge in [-0.05, 0) is 31.0 Å². The van der Waals surface area contributed by atoms with Crippen molar-refractivity contribution in [3.8, 4) is 0 Å². The monoisotopic (exact) mass is 254 g/mol. The summed E-state index contributed by atoms with van der Waals surface area (Å²) >= 11 is 0. The topological polar surface area (TPSA) is 73.6 Å². The van der Waals surface area contributed by atoms with Gasteiger partial charge in [0.2, 0.25) is 0 Å². The van der Waals surface area contributed by atoms with E-state index in [0.29, 0.717) is 6.61 Å². The van der Waals surface area contributed by atoms with Crippen molar-refractivity contribution >= 4 is 11.6 Å². The highest BCUT2D eigenvalue weighted by molar-refractivity contribution is 5.93. The summed E-state index contributed by atoms with van der Waals surface area (Å²) in [7, 11) is 0. The standard InChI is InChI=1S/C12H15FN2O3/c13-9-7-8(4-5-10(9)14)12(16)15-18-11-3-1-2-6-17-11/h4-5,7,11H,1-3,6,14H2,(H,15,16). The molecule has 1 aliphatic heterocycles. The third-order valence-corrected chi connectivity index (χ3v) is 2.68. The van der Waals surface area contributed by atoms with E-state index >= 15 is 0 Å². The molecular formula is C12H15FN2O3. The number of carbonyl (C=O) groups excluding carboxylic acids is 1. The molecule has 0 saturated carbocycles. The summed E-state index contributed by atoms with van der Waals surface area (Å²) in [6.45, 7) is 0.622. The van der Waals surface area contributed by atoms with Crippen LogP contribution in [0.2, 0.25) is 0 Å². The number of benzene rings is 1. The average Bonchev–Trinajstić information content (AvgIpc) is 2.40. The maximum absolute atomic E-state index is 13.2. The number of nitrogens with two attached hydrogens (primary N) is 1. The van der Waals surface area contributed by atoms with E-state index in [1.165, 1.54) is 12.1 Å². The van der Waals surface area contributed by atoms with Gasteiger partial charge in [0.15, 0.2) is 6.29 Å². The lowest BCUT2D eigenvalue weighted by atomic mass is 10.2. The number of halogens is 1. The van der Waals surface area contributed by atoms with Crippen molar-refractivity contribution in [2.45, 2.75) is 25.6 Å². The minimum absolute atomic E-state index is 0.00285. The minimum Gasteiger partial charge on any atom is -0.396 e. The zero-order chi connectivity index (χ0) is 13.0. The molecule has 1 atom stereocenters. The Kier molecular flexibility index (Phi) is 4.11. The molecule has 18 heavy (non-hydrogen) atoms. The first-order valence-electron chi connectivity index (χ1n) is 5.79. The molecule has 0 radical (unpaired) electrons. The predicted molar refractivity (Wildman–Crippen MR) is 63.0 cm³/mol. The van der Waals surface area contributed by atoms with E-state index in [4.69, 9.17) is 15.3 Å². The molecule has 3 N–H and O–H groups in total. The van der Waals surface area contributed by atoms with Gasteiger partial charge in [0, 0.05) is 18.6 Å². The van der Waals surface area contributed by atoms with Crippen molar-refractivity contribution in [1.29, 1.82) is 0 Å². The van der Waals surface area contributed by atoms with E-state index < -0.39 is 18.0 Å². The summed E-state index contributed by atoms with van der Waals surface area (Å²) < 4.78 is 18.4. The Morgan fingerprint density at radius 1 is 1.50 bits per heavy atom. The fourth-order valence-corrected chi connectivity index (χ4v) is 1.65. The second-order valence-electron chi connectivity index (χ2n) is 4.08. The molecular weight excluding hydrogens is 239 g/mol. The zero-order valence-corrected chi connectivity index (χ0v) is 9.82. The third kappa shape index (κ3) is 3.18. The van der Waals surface area contributed by atoms with Gasteiger partial charge in [-0.25, -0.2) is 14.7 Å². The first-order chi connectivity index (χ1) is 8.66. The molecule has 1 saturated heterocycles. The normalized spacial score (nSPS) is 19.5. The Labute approximate surface area is 104 Å². The number of ether oxygens (including phenoxy) is 1. The maximum atomic E-state index is 13.2. The Morgan fingerprint density at radius 2 is 2.33 bits per heavy atom. The molecule has 1 aromatic carbocycles. The van der Waals surface area contributed by atoms with Crippen LogP contribution < -0.4 is 11.2 Å². The van der Waals surface area contributed by atoms with E-state index in [0.717, 1.165) is 25.3 Å². The van der Waals surface area contributed by atoms with E-state index in [1.54, 1.807) is 0 Å². The minimum atomic E-state index is -0.628. The summed E-state index contributed by atoms with van der Waals surface area (Å²) in [5, 5.41) is 0. The Hall–Kier alpha value is -1.66. The van der Waals surface area contributed by atoms with Gasteiger partial charge in [0.25, 0.3) is 5.91 Å². The number of nitrogens with one attached hydrogen (secondary N) is 1. The first kappa shape index (κ1) is 12.8. The molecule has 1 amide bonds. The quantitative estimate of drug-likeness (QED) is 0.634. The number of hydroxylamine groups is 1. The van der Waals surface area contributed by atoms with Gasteiger partial charge in [-0.1, -0.05) is 0 Å². The van der Waals surface area contributed by atoms with Crippen LogP contribution in [0, 0.1) is 5.82 Å². The number of anilines is 1. The van der Waals surface area contributed by atoms with E-state index in [1.807, 2.05) is 0 Å². The Balaban J connectivity index is 1.88. The molecule has 0 bridgehead atoms. The van der Waals surface area contributed by atoms with Crippen LogP contribution in [0.5, 0.6) is 0 Å².